The molecular weight excluding hydrogens is 210 g/mol. The fourth-order valence-corrected chi connectivity index (χ4v) is 2.02. The first-order chi connectivity index (χ1) is 8.15. The van der Waals surface area contributed by atoms with Gasteiger partial charge in [-0.15, -0.1) is 0 Å². The highest BCUT2D eigenvalue weighted by atomic mass is 15.3. The lowest BCUT2D eigenvalue weighted by atomic mass is 10.1. The minimum Gasteiger partial charge on any atom is -0.382 e. The van der Waals surface area contributed by atoms with E-state index in [4.69, 9.17) is 0 Å². The van der Waals surface area contributed by atoms with Crippen LogP contribution in [0.1, 0.15) is 64.5 Å². The van der Waals surface area contributed by atoms with E-state index in [1.165, 1.54) is 43.5 Å². The lowest BCUT2D eigenvalue weighted by Gasteiger charge is -2.08. The molecule has 0 aromatic carbocycles. The lowest BCUT2D eigenvalue weighted by molar-refractivity contribution is 0.645. The van der Waals surface area contributed by atoms with Crippen LogP contribution in [0.4, 0.5) is 5.69 Å². The van der Waals surface area contributed by atoms with Gasteiger partial charge in [0.15, 0.2) is 0 Å². The fraction of sp³-hybridized carbons (Fsp3) is 0.786. The molecule has 0 bridgehead atoms. The van der Waals surface area contributed by atoms with Gasteiger partial charge in [-0.2, -0.15) is 5.10 Å². The number of nitrogens with one attached hydrogen (secondary N) is 1. The molecule has 1 rings (SSSR count). The molecule has 0 fully saturated rings. The van der Waals surface area contributed by atoms with Gasteiger partial charge in [-0.25, -0.2) is 0 Å². The van der Waals surface area contributed by atoms with Gasteiger partial charge in [0.05, 0.1) is 11.4 Å². The smallest absolute Gasteiger partial charge is 0.0881 e. The van der Waals surface area contributed by atoms with Gasteiger partial charge in [0.2, 0.25) is 0 Å². The molecule has 3 heteroatoms. The lowest BCUT2D eigenvalue weighted by Crippen LogP contribution is -2.03. The summed E-state index contributed by atoms with van der Waals surface area (Å²) in [7, 11) is 1.98. The molecule has 1 aromatic rings. The quantitative estimate of drug-likeness (QED) is 0.694. The molecule has 0 saturated heterocycles. The standard InChI is InChI=1S/C14H27N3/c1-5-6-7-8-9-10-15-13-11-17(4)16-14(13)12(2)3/h11-12,15H,5-10H2,1-4H3. The molecule has 0 spiro atoms. The molecule has 0 unspecified atom stereocenters. The molecule has 0 saturated carbocycles. The maximum absolute atomic E-state index is 4.49. The summed E-state index contributed by atoms with van der Waals surface area (Å²) in [5.41, 5.74) is 2.39. The van der Waals surface area contributed by atoms with E-state index in [0.29, 0.717) is 5.92 Å². The van der Waals surface area contributed by atoms with Crippen LogP contribution in [0.25, 0.3) is 0 Å². The van der Waals surface area contributed by atoms with Crippen LogP contribution in [0.15, 0.2) is 6.20 Å². The van der Waals surface area contributed by atoms with Crippen molar-refractivity contribution in [2.45, 2.75) is 58.8 Å². The highest BCUT2D eigenvalue weighted by Gasteiger charge is 2.10. The van der Waals surface area contributed by atoms with Crippen LogP contribution >= 0.6 is 0 Å². The fourth-order valence-electron chi connectivity index (χ4n) is 2.02. The van der Waals surface area contributed by atoms with Gasteiger partial charge in [0.25, 0.3) is 0 Å². The first kappa shape index (κ1) is 14.1. The van der Waals surface area contributed by atoms with Gasteiger partial charge < -0.3 is 5.32 Å². The highest BCUT2D eigenvalue weighted by molar-refractivity contribution is 5.47. The van der Waals surface area contributed by atoms with Gasteiger partial charge in [-0.1, -0.05) is 46.5 Å². The van der Waals surface area contributed by atoms with Crippen LogP contribution in [-0.2, 0) is 7.05 Å². The van der Waals surface area contributed by atoms with Gasteiger partial charge in [0, 0.05) is 19.8 Å². The van der Waals surface area contributed by atoms with Crippen molar-refractivity contribution in [3.8, 4) is 0 Å². The van der Waals surface area contributed by atoms with Crippen molar-refractivity contribution in [3.05, 3.63) is 11.9 Å². The van der Waals surface area contributed by atoms with Crippen molar-refractivity contribution < 1.29 is 0 Å². The SMILES string of the molecule is CCCCCCCNc1cn(C)nc1C(C)C. The van der Waals surface area contributed by atoms with Crippen LogP contribution in [0.3, 0.4) is 0 Å². The Morgan fingerprint density at radius 1 is 1.24 bits per heavy atom. The zero-order valence-electron chi connectivity index (χ0n) is 11.8. The molecular formula is C14H27N3. The first-order valence-electron chi connectivity index (χ1n) is 6.92. The van der Waals surface area contributed by atoms with Gasteiger partial charge in [0.1, 0.15) is 0 Å². The van der Waals surface area contributed by atoms with Gasteiger partial charge >= 0.3 is 0 Å². The highest BCUT2D eigenvalue weighted by Crippen LogP contribution is 2.21. The predicted molar refractivity (Wildman–Crippen MR) is 74.5 cm³/mol. The number of rotatable bonds is 8. The van der Waals surface area contributed by atoms with Crippen molar-refractivity contribution >= 4 is 5.69 Å². The third kappa shape index (κ3) is 4.80. The summed E-state index contributed by atoms with van der Waals surface area (Å²) >= 11 is 0. The van der Waals surface area contributed by atoms with Crippen molar-refractivity contribution in [2.75, 3.05) is 11.9 Å². The second kappa shape index (κ2) is 7.36. The molecule has 0 aliphatic heterocycles. The summed E-state index contributed by atoms with van der Waals surface area (Å²) in [5, 5.41) is 8.00. The Hall–Kier alpha value is -0.990. The summed E-state index contributed by atoms with van der Waals surface area (Å²) < 4.78 is 1.90. The van der Waals surface area contributed by atoms with E-state index >= 15 is 0 Å². The number of unbranched alkanes of at least 4 members (excludes halogenated alkanes) is 4. The molecule has 98 valence electrons. The van der Waals surface area contributed by atoms with E-state index in [-0.39, 0.29) is 0 Å². The number of aryl methyl sites for hydroxylation is 1. The minimum absolute atomic E-state index is 0.485. The van der Waals surface area contributed by atoms with Crippen LogP contribution < -0.4 is 5.32 Å². The third-order valence-corrected chi connectivity index (χ3v) is 3.00. The molecule has 17 heavy (non-hydrogen) atoms. The Morgan fingerprint density at radius 3 is 2.59 bits per heavy atom. The Bertz CT molecular complexity index is 315. The summed E-state index contributed by atoms with van der Waals surface area (Å²) in [4.78, 5) is 0. The molecule has 0 radical (unpaired) electrons. The van der Waals surface area contributed by atoms with Crippen molar-refractivity contribution in [1.82, 2.24) is 9.78 Å². The molecule has 0 amide bonds. The average molecular weight is 237 g/mol. The number of hydrogen-bond acceptors (Lipinski definition) is 2. The Labute approximate surface area is 106 Å². The molecule has 0 aliphatic rings. The average Bonchev–Trinajstić information content (AvgIpc) is 2.65. The third-order valence-electron chi connectivity index (χ3n) is 3.00. The largest absolute Gasteiger partial charge is 0.382 e. The first-order valence-corrected chi connectivity index (χ1v) is 6.92. The van der Waals surface area contributed by atoms with Crippen LogP contribution in [0.5, 0.6) is 0 Å². The second-order valence-electron chi connectivity index (χ2n) is 5.10. The summed E-state index contributed by atoms with van der Waals surface area (Å²) in [6.07, 6.45) is 8.71. The number of anilines is 1. The van der Waals surface area contributed by atoms with Gasteiger partial charge in [-0.3, -0.25) is 4.68 Å². The molecule has 1 heterocycles. The van der Waals surface area contributed by atoms with Crippen molar-refractivity contribution in [1.29, 1.82) is 0 Å². The molecule has 1 aromatic heterocycles. The van der Waals surface area contributed by atoms with Crippen molar-refractivity contribution in [2.24, 2.45) is 7.05 Å². The van der Waals surface area contributed by atoms with Crippen LogP contribution in [-0.4, -0.2) is 16.3 Å². The zero-order valence-corrected chi connectivity index (χ0v) is 11.8. The Balaban J connectivity index is 2.31. The van der Waals surface area contributed by atoms with Gasteiger partial charge in [-0.05, 0) is 12.3 Å². The summed E-state index contributed by atoms with van der Waals surface area (Å²) in [6.45, 7) is 7.70. The van der Waals surface area contributed by atoms with E-state index in [1.807, 2.05) is 11.7 Å². The zero-order chi connectivity index (χ0) is 12.7. The Morgan fingerprint density at radius 2 is 1.94 bits per heavy atom. The van der Waals surface area contributed by atoms with Crippen molar-refractivity contribution in [3.63, 3.8) is 0 Å². The number of hydrogen-bond donors (Lipinski definition) is 1. The Kier molecular flexibility index (Phi) is 6.09. The molecule has 0 atom stereocenters. The molecule has 3 nitrogen and oxygen atoms in total. The summed E-state index contributed by atoms with van der Waals surface area (Å²) in [5.74, 6) is 0.485. The van der Waals surface area contributed by atoms with Crippen LogP contribution in [0, 0.1) is 0 Å². The van der Waals surface area contributed by atoms with E-state index in [2.05, 4.69) is 37.4 Å². The molecule has 1 N–H and O–H groups in total. The van der Waals surface area contributed by atoms with E-state index in [0.717, 1.165) is 6.54 Å². The number of aromatic nitrogens is 2. The summed E-state index contributed by atoms with van der Waals surface area (Å²) in [6, 6.07) is 0. The topological polar surface area (TPSA) is 29.9 Å². The minimum atomic E-state index is 0.485. The predicted octanol–water partition coefficient (Wildman–Crippen LogP) is 3.93. The second-order valence-corrected chi connectivity index (χ2v) is 5.10. The van der Waals surface area contributed by atoms with E-state index < -0.39 is 0 Å². The maximum atomic E-state index is 4.49. The monoisotopic (exact) mass is 237 g/mol. The maximum Gasteiger partial charge on any atom is 0.0881 e. The van der Waals surface area contributed by atoms with E-state index in [1.54, 1.807) is 0 Å². The van der Waals surface area contributed by atoms with E-state index in [9.17, 15) is 0 Å². The molecule has 0 aliphatic carbocycles. The van der Waals surface area contributed by atoms with Crippen LogP contribution in [0.2, 0.25) is 0 Å². The number of nitrogens with zero attached hydrogens (tertiary/aromatic N) is 2. The normalized spacial score (nSPS) is 11.1.